The Bertz CT molecular complexity index is 2780. The predicted octanol–water partition coefficient (Wildman–Crippen LogP) is 3.70. The van der Waals surface area contributed by atoms with Crippen molar-refractivity contribution in [1.29, 1.82) is 5.26 Å². The maximum atomic E-state index is 14.9. The number of halogens is 2. The van der Waals surface area contributed by atoms with Gasteiger partial charge in [0.2, 0.25) is 11.8 Å². The van der Waals surface area contributed by atoms with Gasteiger partial charge in [-0.25, -0.2) is 18.3 Å². The van der Waals surface area contributed by atoms with Crippen molar-refractivity contribution in [2.45, 2.75) is 50.7 Å². The van der Waals surface area contributed by atoms with E-state index in [0.29, 0.717) is 105 Å². The molecule has 17 nitrogen and oxygen atoms in total. The molecular formula is C47H46F2N10O7. The van der Waals surface area contributed by atoms with Crippen LogP contribution in [0.2, 0.25) is 0 Å². The van der Waals surface area contributed by atoms with E-state index in [1.54, 1.807) is 40.0 Å². The Morgan fingerprint density at radius 1 is 0.939 bits per heavy atom. The van der Waals surface area contributed by atoms with E-state index in [2.05, 4.69) is 31.6 Å². The van der Waals surface area contributed by atoms with Crippen LogP contribution in [-0.4, -0.2) is 129 Å². The van der Waals surface area contributed by atoms with Crippen LogP contribution in [0.25, 0.3) is 16.6 Å². The number of piperazine rings is 1. The van der Waals surface area contributed by atoms with Gasteiger partial charge in [0.25, 0.3) is 17.7 Å². The number of anilines is 1. The normalized spacial score (nSPS) is 18.5. The van der Waals surface area contributed by atoms with Crippen LogP contribution in [0, 0.1) is 23.0 Å². The average Bonchev–Trinajstić information content (AvgIpc) is 3.89. The summed E-state index contributed by atoms with van der Waals surface area (Å²) < 4.78 is 42.4. The number of imide groups is 1. The van der Waals surface area contributed by atoms with Crippen molar-refractivity contribution in [3.63, 3.8) is 0 Å². The largest absolute Gasteiger partial charge is 0.492 e. The summed E-state index contributed by atoms with van der Waals surface area (Å²) in [6.07, 6.45) is 6.31. The average molecular weight is 901 g/mol. The number of amides is 5. The van der Waals surface area contributed by atoms with Gasteiger partial charge in [-0.15, -0.1) is 0 Å². The lowest BCUT2D eigenvalue weighted by atomic mass is 9.86. The molecule has 0 spiro atoms. The van der Waals surface area contributed by atoms with Crippen molar-refractivity contribution < 1.29 is 42.2 Å². The molecule has 340 valence electrons. The highest BCUT2D eigenvalue weighted by atomic mass is 19.1. The molecule has 66 heavy (non-hydrogen) atoms. The summed E-state index contributed by atoms with van der Waals surface area (Å²) in [5, 5.41) is 19.5. The zero-order chi connectivity index (χ0) is 46.1. The standard InChI is InChI=1S/C47H46F2N10O7/c1-2-65-34-21-36(43-31(22-50)24-52-59(43)26-34)29-3-9-40(51-23-29)56-13-11-47(12-14-56,54-44(62)37-20-32(48)4-7-38(37)49)28-55-15-17-57(18-16-55)42(61)27-66-33-5-6-35-30(19-33)25-58(46(35)64)39-8-10-41(60)53-45(39)63/h3-7,9,19-21,23-24,26,39H,2,8,10-18,25,27-28H2,1H3,(H,54,62)(H,53,60,63). The van der Waals surface area contributed by atoms with Crippen LogP contribution in [-0.2, 0) is 20.9 Å². The number of aromatic nitrogens is 3. The van der Waals surface area contributed by atoms with E-state index in [1.807, 2.05) is 25.1 Å². The van der Waals surface area contributed by atoms with E-state index in [4.69, 9.17) is 14.5 Å². The van der Waals surface area contributed by atoms with Crippen LogP contribution in [0.5, 0.6) is 11.5 Å². The molecule has 3 saturated heterocycles. The fourth-order valence-electron chi connectivity index (χ4n) is 9.30. The lowest BCUT2D eigenvalue weighted by molar-refractivity contribution is -0.137. The van der Waals surface area contributed by atoms with Crippen LogP contribution in [0.4, 0.5) is 14.6 Å². The first-order chi connectivity index (χ1) is 31.9. The first-order valence-electron chi connectivity index (χ1n) is 21.8. The number of rotatable bonds is 12. The zero-order valence-corrected chi connectivity index (χ0v) is 36.1. The lowest BCUT2D eigenvalue weighted by Crippen LogP contribution is -2.63. The minimum Gasteiger partial charge on any atom is -0.492 e. The van der Waals surface area contributed by atoms with Crippen molar-refractivity contribution in [3.8, 4) is 28.7 Å². The minimum absolute atomic E-state index is 0.154. The highest BCUT2D eigenvalue weighted by Crippen LogP contribution is 2.34. The molecule has 3 aromatic heterocycles. The van der Waals surface area contributed by atoms with Crippen molar-refractivity contribution in [3.05, 3.63) is 107 Å². The number of nitriles is 1. The maximum absolute atomic E-state index is 14.9. The molecule has 2 N–H and O–H groups in total. The zero-order valence-electron chi connectivity index (χ0n) is 36.1. The van der Waals surface area contributed by atoms with Gasteiger partial charge in [-0.2, -0.15) is 10.4 Å². The SMILES string of the molecule is CCOc1cc(-c2ccc(N3CCC(CN4CCN(C(=O)COc5ccc6c(c5)CN(C5CCC(=O)NC5=O)C6=O)CC4)(NC(=O)c4cc(F)ccc4F)CC3)nc2)c2c(C#N)cnn2c1. The monoisotopic (exact) mass is 900 g/mol. The molecule has 5 amide bonds. The maximum Gasteiger partial charge on any atom is 0.260 e. The number of pyridine rings is 2. The third-order valence-electron chi connectivity index (χ3n) is 12.8. The lowest BCUT2D eigenvalue weighted by Gasteiger charge is -2.46. The predicted molar refractivity (Wildman–Crippen MR) is 233 cm³/mol. The molecule has 2 aromatic carbocycles. The Labute approximate surface area is 377 Å². The van der Waals surface area contributed by atoms with Crippen LogP contribution in [0.3, 0.4) is 0 Å². The summed E-state index contributed by atoms with van der Waals surface area (Å²) in [5.41, 5.74) is 2.46. The number of hydrogen-bond donors (Lipinski definition) is 2. The molecule has 19 heteroatoms. The van der Waals surface area contributed by atoms with E-state index < -0.39 is 35.0 Å². The summed E-state index contributed by atoms with van der Waals surface area (Å²) >= 11 is 0. The van der Waals surface area contributed by atoms with Gasteiger partial charge in [0.05, 0.1) is 41.2 Å². The van der Waals surface area contributed by atoms with Gasteiger partial charge in [-0.1, -0.05) is 0 Å². The second-order valence-corrected chi connectivity index (χ2v) is 16.9. The minimum atomic E-state index is -0.829. The van der Waals surface area contributed by atoms with Gasteiger partial charge in [0.1, 0.15) is 41.1 Å². The number of ether oxygens (including phenoxy) is 2. The number of hydrogen-bond acceptors (Lipinski definition) is 12. The Morgan fingerprint density at radius 3 is 2.47 bits per heavy atom. The van der Waals surface area contributed by atoms with Gasteiger partial charge >= 0.3 is 0 Å². The Balaban J connectivity index is 0.835. The highest BCUT2D eigenvalue weighted by Gasteiger charge is 2.41. The molecule has 5 aromatic rings. The van der Waals surface area contributed by atoms with Crippen LogP contribution < -0.4 is 25.0 Å². The molecule has 3 fully saturated rings. The van der Waals surface area contributed by atoms with E-state index in [-0.39, 0.29) is 49.3 Å². The molecule has 7 heterocycles. The molecular weight excluding hydrogens is 855 g/mol. The van der Waals surface area contributed by atoms with Crippen molar-refractivity contribution >= 4 is 40.9 Å². The number of carbonyl (C=O) groups is 5. The smallest absolute Gasteiger partial charge is 0.260 e. The third-order valence-corrected chi connectivity index (χ3v) is 12.8. The number of carbonyl (C=O) groups excluding carboxylic acids is 5. The Hall–Kier alpha value is -7.46. The van der Waals surface area contributed by atoms with Crippen LogP contribution in [0.15, 0.2) is 73.2 Å². The molecule has 4 aliphatic rings. The molecule has 1 unspecified atom stereocenters. The van der Waals surface area contributed by atoms with Gasteiger partial charge in [0, 0.05) is 81.7 Å². The van der Waals surface area contributed by atoms with Gasteiger partial charge in [-0.05, 0) is 86.3 Å². The number of nitrogens with one attached hydrogen (secondary N) is 2. The number of benzene rings is 2. The fraction of sp³-hybridized carbons (Fsp3) is 0.362. The molecule has 0 bridgehead atoms. The molecule has 1 atom stereocenters. The van der Waals surface area contributed by atoms with Crippen LogP contribution >= 0.6 is 0 Å². The molecule has 4 aliphatic heterocycles. The van der Waals surface area contributed by atoms with Crippen molar-refractivity contribution in [2.24, 2.45) is 0 Å². The third kappa shape index (κ3) is 8.83. The first-order valence-corrected chi connectivity index (χ1v) is 21.8. The molecule has 9 rings (SSSR count). The van der Waals surface area contributed by atoms with Gasteiger partial charge < -0.3 is 29.5 Å². The summed E-state index contributed by atoms with van der Waals surface area (Å²) in [6.45, 7) is 5.43. The molecule has 0 radical (unpaired) electrons. The topological polar surface area (TPSA) is 195 Å². The van der Waals surface area contributed by atoms with Gasteiger partial charge in [0.15, 0.2) is 6.61 Å². The highest BCUT2D eigenvalue weighted by molar-refractivity contribution is 6.05. The second kappa shape index (κ2) is 18.2. The van der Waals surface area contributed by atoms with E-state index >= 15 is 0 Å². The number of piperidine rings is 2. The van der Waals surface area contributed by atoms with Crippen molar-refractivity contribution in [2.75, 3.05) is 63.9 Å². The molecule has 0 saturated carbocycles. The molecule has 0 aliphatic carbocycles. The first kappa shape index (κ1) is 43.8. The summed E-state index contributed by atoms with van der Waals surface area (Å²) in [5.74, 6) is -1.95. The summed E-state index contributed by atoms with van der Waals surface area (Å²) in [6, 6.07) is 14.9. The number of nitrogens with zero attached hydrogens (tertiary/aromatic N) is 8. The van der Waals surface area contributed by atoms with E-state index in [0.717, 1.165) is 29.3 Å². The summed E-state index contributed by atoms with van der Waals surface area (Å²) in [4.78, 5) is 76.4. The second-order valence-electron chi connectivity index (χ2n) is 16.9. The van der Waals surface area contributed by atoms with Crippen molar-refractivity contribution in [1.82, 2.24) is 39.9 Å². The van der Waals surface area contributed by atoms with Crippen LogP contribution in [0.1, 0.15) is 64.4 Å². The van der Waals surface area contributed by atoms with E-state index in [9.17, 15) is 38.0 Å². The fourth-order valence-corrected chi connectivity index (χ4v) is 9.30. The number of fused-ring (bicyclic) bond motifs is 2. The quantitative estimate of drug-likeness (QED) is 0.173. The Morgan fingerprint density at radius 2 is 1.74 bits per heavy atom. The van der Waals surface area contributed by atoms with E-state index in [1.165, 1.54) is 11.1 Å². The summed E-state index contributed by atoms with van der Waals surface area (Å²) in [7, 11) is 0. The van der Waals surface area contributed by atoms with Gasteiger partial charge in [-0.3, -0.25) is 34.2 Å². The Kier molecular flexibility index (Phi) is 12.1.